The van der Waals surface area contributed by atoms with Crippen molar-refractivity contribution in [1.29, 1.82) is 0 Å². The van der Waals surface area contributed by atoms with Crippen LogP contribution in [0.15, 0.2) is 83.9 Å². The van der Waals surface area contributed by atoms with Gasteiger partial charge in [0, 0.05) is 30.7 Å². The van der Waals surface area contributed by atoms with Crippen LogP contribution < -0.4 is 16.0 Å². The molecule has 0 saturated heterocycles. The molecule has 0 fully saturated rings. The van der Waals surface area contributed by atoms with Crippen LogP contribution >= 0.6 is 0 Å². The van der Waals surface area contributed by atoms with Crippen molar-refractivity contribution in [2.24, 2.45) is 18.7 Å². The van der Waals surface area contributed by atoms with Crippen molar-refractivity contribution in [3.63, 3.8) is 0 Å². The molecule has 6 heteroatoms. The molecule has 0 bridgehead atoms. The Morgan fingerprint density at radius 1 is 1.03 bits per heavy atom. The monoisotopic (exact) mass is 404 g/mol. The summed E-state index contributed by atoms with van der Waals surface area (Å²) in [6.07, 6.45) is 3.55. The number of pyridine rings is 1. The van der Waals surface area contributed by atoms with E-state index < -0.39 is 0 Å². The summed E-state index contributed by atoms with van der Waals surface area (Å²) < 4.78 is 9.12. The van der Waals surface area contributed by atoms with E-state index in [1.165, 1.54) is 10.6 Å². The van der Waals surface area contributed by atoms with E-state index >= 15 is 0 Å². The highest BCUT2D eigenvalue weighted by molar-refractivity contribution is 5.81. The molecule has 0 saturated carbocycles. The molecule has 0 aliphatic carbocycles. The second kappa shape index (κ2) is 9.89. The van der Waals surface area contributed by atoms with Crippen LogP contribution in [0.3, 0.4) is 0 Å². The average Bonchev–Trinajstić information content (AvgIpc) is 3.19. The van der Waals surface area contributed by atoms with Gasteiger partial charge in [0.1, 0.15) is 12.4 Å². The molecule has 2 heterocycles. The molecule has 1 atom stereocenters. The van der Waals surface area contributed by atoms with E-state index in [9.17, 15) is 4.79 Å². The third-order valence-electron chi connectivity index (χ3n) is 4.82. The van der Waals surface area contributed by atoms with Crippen LogP contribution in [0, 0.1) is 5.92 Å². The van der Waals surface area contributed by atoms with Gasteiger partial charge in [-0.2, -0.15) is 5.10 Å². The van der Waals surface area contributed by atoms with Gasteiger partial charge < -0.3 is 15.0 Å². The maximum Gasteiger partial charge on any atom is 0.250 e. The smallest absolute Gasteiger partial charge is 0.250 e. The number of rotatable bonds is 5. The van der Waals surface area contributed by atoms with Gasteiger partial charge in [0.2, 0.25) is 5.56 Å². The number of nitrogens with zero attached hydrogens (tertiary/aromatic N) is 3. The number of hydrogen-bond acceptors (Lipinski definition) is 4. The molecule has 2 aromatic heterocycles. The lowest BCUT2D eigenvalue weighted by atomic mass is 10.1. The molecule has 4 rings (SSSR count). The quantitative estimate of drug-likeness (QED) is 0.549. The average molecular weight is 405 g/mol. The van der Waals surface area contributed by atoms with Gasteiger partial charge in [-0.25, -0.2) is 4.68 Å². The molecule has 0 aliphatic rings. The van der Waals surface area contributed by atoms with Gasteiger partial charge in [0.05, 0.1) is 17.4 Å². The lowest BCUT2D eigenvalue weighted by molar-refractivity contribution is 0.260. The summed E-state index contributed by atoms with van der Waals surface area (Å²) in [5, 5.41) is 5.39. The van der Waals surface area contributed by atoms with E-state index in [0.29, 0.717) is 12.5 Å². The highest BCUT2D eigenvalue weighted by atomic mass is 16.5. The Morgan fingerprint density at radius 2 is 1.70 bits per heavy atom. The molecule has 1 unspecified atom stereocenters. The molecule has 2 aromatic carbocycles. The van der Waals surface area contributed by atoms with E-state index in [2.05, 4.69) is 18.9 Å². The Morgan fingerprint density at radius 3 is 2.30 bits per heavy atom. The van der Waals surface area contributed by atoms with Crippen LogP contribution in [0.4, 0.5) is 0 Å². The van der Waals surface area contributed by atoms with Gasteiger partial charge >= 0.3 is 0 Å². The minimum absolute atomic E-state index is 0.00836. The Bertz CT molecular complexity index is 1110. The second-order valence-electron chi connectivity index (χ2n) is 7.49. The normalized spacial score (nSPS) is 11.8. The van der Waals surface area contributed by atoms with Crippen LogP contribution in [-0.4, -0.2) is 27.0 Å². The van der Waals surface area contributed by atoms with Crippen LogP contribution in [0.25, 0.3) is 16.6 Å². The highest BCUT2D eigenvalue weighted by Crippen LogP contribution is 2.23. The third kappa shape index (κ3) is 5.36. The molecular weight excluding hydrogens is 376 g/mol. The molecule has 30 heavy (non-hydrogen) atoms. The number of aromatic nitrogens is 3. The summed E-state index contributed by atoms with van der Waals surface area (Å²) in [4.78, 5) is 11.5. The van der Waals surface area contributed by atoms with E-state index in [0.717, 1.165) is 22.3 Å². The Kier molecular flexibility index (Phi) is 7.03. The Balaban J connectivity index is 0.000000367. The largest absolute Gasteiger partial charge is 0.492 e. The summed E-state index contributed by atoms with van der Waals surface area (Å²) >= 11 is 0. The fourth-order valence-electron chi connectivity index (χ4n) is 2.78. The van der Waals surface area contributed by atoms with Crippen molar-refractivity contribution < 1.29 is 4.74 Å². The van der Waals surface area contributed by atoms with Crippen molar-refractivity contribution >= 4 is 10.9 Å². The van der Waals surface area contributed by atoms with Crippen molar-refractivity contribution in [3.05, 3.63) is 89.5 Å². The number of benzene rings is 2. The van der Waals surface area contributed by atoms with Gasteiger partial charge in [-0.3, -0.25) is 4.79 Å². The first-order valence-corrected chi connectivity index (χ1v) is 9.99. The van der Waals surface area contributed by atoms with Crippen molar-refractivity contribution in [2.75, 3.05) is 6.61 Å². The molecule has 4 aromatic rings. The molecular formula is C24H28N4O2. The Labute approximate surface area is 176 Å². The van der Waals surface area contributed by atoms with E-state index in [1.807, 2.05) is 54.6 Å². The predicted octanol–water partition coefficient (Wildman–Crippen LogP) is 3.77. The number of hydrogen-bond donors (Lipinski definition) is 1. The summed E-state index contributed by atoms with van der Waals surface area (Å²) in [6.45, 7) is 4.64. The summed E-state index contributed by atoms with van der Waals surface area (Å²) in [7, 11) is 1.72. The first-order valence-electron chi connectivity index (χ1n) is 9.99. The summed E-state index contributed by atoms with van der Waals surface area (Å²) in [6, 6.07) is 21.1. The highest BCUT2D eigenvalue weighted by Gasteiger charge is 2.10. The predicted molar refractivity (Wildman–Crippen MR) is 121 cm³/mol. The fourth-order valence-corrected chi connectivity index (χ4v) is 2.78. The van der Waals surface area contributed by atoms with Crippen LogP contribution in [0.5, 0.6) is 5.75 Å². The van der Waals surface area contributed by atoms with Crippen LogP contribution in [0.1, 0.15) is 13.8 Å². The maximum absolute atomic E-state index is 11.5. The van der Waals surface area contributed by atoms with Gasteiger partial charge in [-0.1, -0.05) is 50.2 Å². The molecule has 0 spiro atoms. The topological polar surface area (TPSA) is 75.1 Å². The number of nitrogens with two attached hydrogens (primary N) is 1. The minimum atomic E-state index is -0.0487. The SMILES string of the molecule is CC(C)C(N)COc1ccc2c(cnn2-c2ccc(=O)n(C)c2)c1.c1ccccc1. The number of fused-ring (bicyclic) bond motifs is 1. The number of aryl methyl sites for hydroxylation is 1. The zero-order valence-electron chi connectivity index (χ0n) is 17.6. The first-order chi connectivity index (χ1) is 14.5. The molecule has 0 amide bonds. The number of ether oxygens (including phenoxy) is 1. The molecule has 0 aliphatic heterocycles. The van der Waals surface area contributed by atoms with E-state index in [4.69, 9.17) is 10.5 Å². The van der Waals surface area contributed by atoms with Gasteiger partial charge in [-0.05, 0) is 30.2 Å². The Hall–Kier alpha value is -3.38. The minimum Gasteiger partial charge on any atom is -0.492 e. The maximum atomic E-state index is 11.5. The second-order valence-corrected chi connectivity index (χ2v) is 7.49. The van der Waals surface area contributed by atoms with Gasteiger partial charge in [0.15, 0.2) is 0 Å². The van der Waals surface area contributed by atoms with Crippen molar-refractivity contribution in [1.82, 2.24) is 14.3 Å². The summed E-state index contributed by atoms with van der Waals surface area (Å²) in [5.41, 5.74) is 7.75. The van der Waals surface area contributed by atoms with Crippen LogP contribution in [0.2, 0.25) is 0 Å². The van der Waals surface area contributed by atoms with Crippen molar-refractivity contribution in [3.8, 4) is 11.4 Å². The van der Waals surface area contributed by atoms with E-state index in [1.54, 1.807) is 30.2 Å². The molecule has 0 radical (unpaired) electrons. The van der Waals surface area contributed by atoms with Crippen molar-refractivity contribution in [2.45, 2.75) is 19.9 Å². The summed E-state index contributed by atoms with van der Waals surface area (Å²) in [5.74, 6) is 1.15. The zero-order valence-corrected chi connectivity index (χ0v) is 17.6. The lowest BCUT2D eigenvalue weighted by Crippen LogP contribution is -2.32. The molecule has 2 N–H and O–H groups in total. The first kappa shape index (κ1) is 21.3. The standard InChI is InChI=1S/C18H22N4O2.C6H6/c1-12(2)16(19)11-24-15-5-6-17-13(8-15)9-20-22(17)14-4-7-18(23)21(3)10-14;1-2-4-6-5-3-1/h4-10,12,16H,11,19H2,1-3H3;1-6H. The third-order valence-corrected chi connectivity index (χ3v) is 4.82. The molecule has 156 valence electrons. The lowest BCUT2D eigenvalue weighted by Gasteiger charge is -2.16. The van der Waals surface area contributed by atoms with Gasteiger partial charge in [0.25, 0.3) is 0 Å². The van der Waals surface area contributed by atoms with E-state index in [-0.39, 0.29) is 11.6 Å². The molecule has 6 nitrogen and oxygen atoms in total. The van der Waals surface area contributed by atoms with Gasteiger partial charge in [-0.15, -0.1) is 0 Å². The zero-order chi connectivity index (χ0) is 21.5. The van der Waals surface area contributed by atoms with Crippen LogP contribution in [-0.2, 0) is 7.05 Å². The fraction of sp³-hybridized carbons (Fsp3) is 0.250.